The van der Waals surface area contributed by atoms with E-state index in [1.807, 2.05) is 40.9 Å². The molecule has 20 heavy (non-hydrogen) atoms. The third-order valence-electron chi connectivity index (χ3n) is 3.60. The normalized spacial score (nSPS) is 15.6. The minimum atomic E-state index is 0.0174. The Morgan fingerprint density at radius 1 is 1.30 bits per heavy atom. The lowest BCUT2D eigenvalue weighted by Crippen LogP contribution is -2.41. The van der Waals surface area contributed by atoms with Crippen molar-refractivity contribution in [1.82, 2.24) is 19.2 Å². The van der Waals surface area contributed by atoms with Crippen LogP contribution in [0.25, 0.3) is 11.4 Å². The maximum atomic E-state index is 12.5. The van der Waals surface area contributed by atoms with Gasteiger partial charge in [0.05, 0.1) is 18.9 Å². The lowest BCUT2D eigenvalue weighted by molar-refractivity contribution is 0.0295. The summed E-state index contributed by atoms with van der Waals surface area (Å²) in [7, 11) is 3.77. The first-order valence-corrected chi connectivity index (χ1v) is 6.69. The highest BCUT2D eigenvalue weighted by Gasteiger charge is 2.22. The molecule has 0 aromatic carbocycles. The van der Waals surface area contributed by atoms with Crippen molar-refractivity contribution in [3.05, 3.63) is 30.1 Å². The van der Waals surface area contributed by atoms with Gasteiger partial charge in [-0.25, -0.2) is 0 Å². The van der Waals surface area contributed by atoms with Crippen LogP contribution in [0.1, 0.15) is 10.5 Å². The van der Waals surface area contributed by atoms with Crippen LogP contribution in [0.2, 0.25) is 0 Å². The van der Waals surface area contributed by atoms with Crippen LogP contribution in [-0.2, 0) is 18.8 Å². The molecular weight excluding hydrogens is 256 g/mol. The summed E-state index contributed by atoms with van der Waals surface area (Å²) in [6, 6.07) is 5.81. The highest BCUT2D eigenvalue weighted by atomic mass is 16.5. The van der Waals surface area contributed by atoms with Crippen LogP contribution >= 0.6 is 0 Å². The van der Waals surface area contributed by atoms with Crippen molar-refractivity contribution in [2.24, 2.45) is 14.1 Å². The Morgan fingerprint density at radius 2 is 2.05 bits per heavy atom. The molecule has 0 spiro atoms. The van der Waals surface area contributed by atoms with Gasteiger partial charge in [-0.1, -0.05) is 0 Å². The zero-order valence-electron chi connectivity index (χ0n) is 11.7. The molecule has 1 aliphatic heterocycles. The smallest absolute Gasteiger partial charge is 0.272 e. The Balaban J connectivity index is 1.89. The molecule has 3 heterocycles. The lowest BCUT2D eigenvalue weighted by atomic mass is 10.2. The van der Waals surface area contributed by atoms with E-state index in [2.05, 4.69) is 5.10 Å². The summed E-state index contributed by atoms with van der Waals surface area (Å²) in [4.78, 5) is 14.3. The number of rotatable bonds is 2. The minimum Gasteiger partial charge on any atom is -0.378 e. The van der Waals surface area contributed by atoms with Gasteiger partial charge in [0.15, 0.2) is 0 Å². The molecule has 2 aromatic rings. The van der Waals surface area contributed by atoms with Crippen molar-refractivity contribution in [2.75, 3.05) is 26.3 Å². The highest BCUT2D eigenvalue weighted by Crippen LogP contribution is 2.19. The van der Waals surface area contributed by atoms with Crippen molar-refractivity contribution in [1.29, 1.82) is 0 Å². The summed E-state index contributed by atoms with van der Waals surface area (Å²) in [6.07, 6.45) is 1.97. The monoisotopic (exact) mass is 274 g/mol. The van der Waals surface area contributed by atoms with Gasteiger partial charge in [0.2, 0.25) is 0 Å². The SMILES string of the molecule is Cn1cccc1-c1cc(C(=O)N2CCOCC2)n(C)n1. The Hall–Kier alpha value is -2.08. The number of amides is 1. The Morgan fingerprint density at radius 3 is 2.70 bits per heavy atom. The number of ether oxygens (including phenoxy) is 1. The summed E-state index contributed by atoms with van der Waals surface area (Å²) in [5.41, 5.74) is 2.43. The van der Waals surface area contributed by atoms with Gasteiger partial charge in [0, 0.05) is 33.4 Å². The topological polar surface area (TPSA) is 52.3 Å². The molecular formula is C14H18N4O2. The molecule has 0 saturated carbocycles. The molecule has 6 heteroatoms. The molecule has 0 unspecified atom stereocenters. The Labute approximate surface area is 117 Å². The average molecular weight is 274 g/mol. The number of nitrogens with zero attached hydrogens (tertiary/aromatic N) is 4. The molecule has 6 nitrogen and oxygen atoms in total. The molecule has 0 bridgehead atoms. The molecule has 1 saturated heterocycles. The molecule has 0 aliphatic carbocycles. The van der Waals surface area contributed by atoms with E-state index in [0.29, 0.717) is 32.0 Å². The van der Waals surface area contributed by atoms with Gasteiger partial charge in [0.1, 0.15) is 11.4 Å². The molecule has 1 fully saturated rings. The number of hydrogen-bond donors (Lipinski definition) is 0. The van der Waals surface area contributed by atoms with Crippen molar-refractivity contribution in [3.8, 4) is 11.4 Å². The molecule has 1 aliphatic rings. The summed E-state index contributed by atoms with van der Waals surface area (Å²) in [5.74, 6) is 0.0174. The van der Waals surface area contributed by atoms with Crippen molar-refractivity contribution >= 4 is 5.91 Å². The van der Waals surface area contributed by atoms with Crippen LogP contribution in [0, 0.1) is 0 Å². The fourth-order valence-electron chi connectivity index (χ4n) is 2.45. The van der Waals surface area contributed by atoms with E-state index in [9.17, 15) is 4.79 Å². The number of carbonyl (C=O) groups excluding carboxylic acids is 1. The van der Waals surface area contributed by atoms with Crippen LogP contribution in [0.15, 0.2) is 24.4 Å². The van der Waals surface area contributed by atoms with Crippen LogP contribution in [0.5, 0.6) is 0 Å². The van der Waals surface area contributed by atoms with Gasteiger partial charge in [-0.05, 0) is 18.2 Å². The van der Waals surface area contributed by atoms with Crippen LogP contribution in [0.4, 0.5) is 0 Å². The first-order chi connectivity index (χ1) is 9.66. The van der Waals surface area contributed by atoms with Crippen LogP contribution in [-0.4, -0.2) is 51.5 Å². The van der Waals surface area contributed by atoms with Gasteiger partial charge in [-0.2, -0.15) is 5.10 Å². The maximum Gasteiger partial charge on any atom is 0.272 e. The maximum absolute atomic E-state index is 12.5. The molecule has 2 aromatic heterocycles. The molecule has 0 atom stereocenters. The molecule has 3 rings (SSSR count). The quantitative estimate of drug-likeness (QED) is 0.817. The molecule has 0 N–H and O–H groups in total. The number of hydrogen-bond acceptors (Lipinski definition) is 3. The average Bonchev–Trinajstić information content (AvgIpc) is 3.05. The number of carbonyl (C=O) groups is 1. The second kappa shape index (κ2) is 5.13. The van der Waals surface area contributed by atoms with Gasteiger partial charge in [-0.3, -0.25) is 9.48 Å². The van der Waals surface area contributed by atoms with E-state index in [4.69, 9.17) is 4.74 Å². The largest absolute Gasteiger partial charge is 0.378 e. The number of morpholine rings is 1. The van der Waals surface area contributed by atoms with E-state index < -0.39 is 0 Å². The molecule has 0 radical (unpaired) electrons. The van der Waals surface area contributed by atoms with Gasteiger partial charge >= 0.3 is 0 Å². The van der Waals surface area contributed by atoms with Gasteiger partial charge < -0.3 is 14.2 Å². The number of aromatic nitrogens is 3. The van der Waals surface area contributed by atoms with Crippen LogP contribution in [0.3, 0.4) is 0 Å². The number of aryl methyl sites for hydroxylation is 2. The van der Waals surface area contributed by atoms with Crippen LogP contribution < -0.4 is 0 Å². The second-order valence-electron chi connectivity index (χ2n) is 4.95. The summed E-state index contributed by atoms with van der Waals surface area (Å²) in [6.45, 7) is 2.50. The van der Waals surface area contributed by atoms with Crippen molar-refractivity contribution < 1.29 is 9.53 Å². The first-order valence-electron chi connectivity index (χ1n) is 6.69. The van der Waals surface area contributed by atoms with E-state index in [1.54, 1.807) is 11.7 Å². The summed E-state index contributed by atoms with van der Waals surface area (Å²) in [5, 5.41) is 4.45. The predicted octanol–water partition coefficient (Wildman–Crippen LogP) is 0.898. The third kappa shape index (κ3) is 2.22. The van der Waals surface area contributed by atoms with E-state index in [0.717, 1.165) is 11.4 Å². The van der Waals surface area contributed by atoms with Crippen molar-refractivity contribution in [3.63, 3.8) is 0 Å². The first kappa shape index (κ1) is 12.9. The Bertz CT molecular complexity index is 623. The van der Waals surface area contributed by atoms with E-state index >= 15 is 0 Å². The fraction of sp³-hybridized carbons (Fsp3) is 0.429. The lowest BCUT2D eigenvalue weighted by Gasteiger charge is -2.26. The van der Waals surface area contributed by atoms with Crippen molar-refractivity contribution in [2.45, 2.75) is 0 Å². The molecule has 1 amide bonds. The second-order valence-corrected chi connectivity index (χ2v) is 4.95. The fourth-order valence-corrected chi connectivity index (χ4v) is 2.45. The summed E-state index contributed by atoms with van der Waals surface area (Å²) >= 11 is 0. The Kier molecular flexibility index (Phi) is 3.31. The van der Waals surface area contributed by atoms with E-state index in [1.165, 1.54) is 0 Å². The van der Waals surface area contributed by atoms with Gasteiger partial charge in [0.25, 0.3) is 5.91 Å². The summed E-state index contributed by atoms with van der Waals surface area (Å²) < 4.78 is 8.92. The molecule has 106 valence electrons. The zero-order chi connectivity index (χ0) is 14.1. The standard InChI is InChI=1S/C14H18N4O2/c1-16-5-3-4-12(16)11-10-13(17(2)15-11)14(19)18-6-8-20-9-7-18/h3-5,10H,6-9H2,1-2H3. The third-order valence-corrected chi connectivity index (χ3v) is 3.60. The van der Waals surface area contributed by atoms with Gasteiger partial charge in [-0.15, -0.1) is 0 Å². The highest BCUT2D eigenvalue weighted by molar-refractivity contribution is 5.93. The predicted molar refractivity (Wildman–Crippen MR) is 74.3 cm³/mol. The zero-order valence-corrected chi connectivity index (χ0v) is 11.7. The minimum absolute atomic E-state index is 0.0174. The van der Waals surface area contributed by atoms with E-state index in [-0.39, 0.29) is 5.91 Å².